The number of nitrogens with one attached hydrogen (secondary N) is 1. The van der Waals surface area contributed by atoms with E-state index in [1.165, 1.54) is 4.57 Å². The first-order valence-electron chi connectivity index (χ1n) is 13.3. The number of carbonyl (C=O) groups is 1. The largest absolute Gasteiger partial charge is 0.457 e. The van der Waals surface area contributed by atoms with Crippen molar-refractivity contribution in [3.8, 4) is 22.8 Å². The predicted molar refractivity (Wildman–Crippen MR) is 159 cm³/mol. The van der Waals surface area contributed by atoms with Crippen molar-refractivity contribution < 1.29 is 27.4 Å². The average Bonchev–Trinajstić information content (AvgIpc) is 2.91. The molecule has 10 heteroatoms. The highest BCUT2D eigenvalue weighted by molar-refractivity contribution is 5.84. The highest BCUT2D eigenvalue weighted by Crippen LogP contribution is 2.38. The fourth-order valence-corrected chi connectivity index (χ4v) is 4.41. The van der Waals surface area contributed by atoms with Gasteiger partial charge in [0.05, 0.1) is 18.7 Å². The van der Waals surface area contributed by atoms with Crippen molar-refractivity contribution in [2.75, 3.05) is 5.32 Å². The minimum Gasteiger partial charge on any atom is -0.457 e. The molecule has 1 amide bonds. The van der Waals surface area contributed by atoms with E-state index < -0.39 is 34.7 Å². The van der Waals surface area contributed by atoms with Crippen LogP contribution in [0.1, 0.15) is 43.0 Å². The van der Waals surface area contributed by atoms with Crippen LogP contribution in [0.2, 0.25) is 0 Å². The number of nitrogens with zero attached hydrogens (tertiary/aromatic N) is 2. The first-order chi connectivity index (χ1) is 20.1. The summed E-state index contributed by atoms with van der Waals surface area (Å²) < 4.78 is 54.0. The van der Waals surface area contributed by atoms with Crippen molar-refractivity contribution >= 4 is 17.5 Å². The quantitative estimate of drug-likeness (QED) is 0.228. The Labute approximate surface area is 247 Å². The van der Waals surface area contributed by atoms with Crippen molar-refractivity contribution in [2.45, 2.75) is 52.9 Å². The summed E-state index contributed by atoms with van der Waals surface area (Å²) in [5.41, 5.74) is -0.407. The van der Waals surface area contributed by atoms with Gasteiger partial charge in [0.15, 0.2) is 0 Å². The Balaban J connectivity index is 1.64. The second-order valence-electron chi connectivity index (χ2n) is 11.0. The Morgan fingerprint density at radius 2 is 1.53 bits per heavy atom. The van der Waals surface area contributed by atoms with Crippen LogP contribution in [-0.4, -0.2) is 16.3 Å². The first-order valence-corrected chi connectivity index (χ1v) is 13.3. The maximum atomic E-state index is 13.9. The molecule has 0 atom stereocenters. The number of benzene rings is 3. The fourth-order valence-electron chi connectivity index (χ4n) is 4.41. The summed E-state index contributed by atoms with van der Waals surface area (Å²) in [6, 6.07) is 19.3. The van der Waals surface area contributed by atoms with Gasteiger partial charge in [0, 0.05) is 11.4 Å². The lowest BCUT2D eigenvalue weighted by Gasteiger charge is -2.19. The molecule has 0 saturated heterocycles. The molecule has 0 bridgehead atoms. The topological polar surface area (TPSA) is 73.9 Å². The van der Waals surface area contributed by atoms with Gasteiger partial charge in [0.2, 0.25) is 0 Å². The number of carbonyl (C=O) groups excluding carboxylic acids is 1. The number of pyridine rings is 1. The van der Waals surface area contributed by atoms with Gasteiger partial charge in [-0.15, -0.1) is 0 Å². The third kappa shape index (κ3) is 7.63. The summed E-state index contributed by atoms with van der Waals surface area (Å²) in [4.78, 5) is 28.2. The summed E-state index contributed by atoms with van der Waals surface area (Å²) in [5.74, 6) is 0.851. The van der Waals surface area contributed by atoms with E-state index in [0.717, 1.165) is 22.8 Å². The van der Waals surface area contributed by atoms with Crippen molar-refractivity contribution in [1.29, 1.82) is 0 Å². The zero-order valence-corrected chi connectivity index (χ0v) is 24.3. The van der Waals surface area contributed by atoms with Crippen molar-refractivity contribution in [2.24, 2.45) is 0 Å². The molecule has 4 aromatic rings. The van der Waals surface area contributed by atoms with Crippen LogP contribution in [0, 0.1) is 20.4 Å². The molecule has 222 valence electrons. The van der Waals surface area contributed by atoms with Crippen LogP contribution in [-0.2, 0) is 17.5 Å². The van der Waals surface area contributed by atoms with E-state index in [4.69, 9.17) is 16.0 Å². The Morgan fingerprint density at radius 3 is 2.07 bits per heavy atom. The maximum absolute atomic E-state index is 13.9. The zero-order valence-electron chi connectivity index (χ0n) is 24.3. The third-order valence-corrected chi connectivity index (χ3v) is 6.40. The van der Waals surface area contributed by atoms with Gasteiger partial charge in [-0.1, -0.05) is 23.8 Å². The average molecular weight is 590 g/mol. The Morgan fingerprint density at radius 1 is 0.930 bits per heavy atom. The summed E-state index contributed by atoms with van der Waals surface area (Å²) >= 11 is 0. The monoisotopic (exact) mass is 589 g/mol. The van der Waals surface area contributed by atoms with Gasteiger partial charge in [0.25, 0.3) is 11.2 Å². The van der Waals surface area contributed by atoms with Crippen LogP contribution in [0.4, 0.5) is 29.3 Å². The highest BCUT2D eigenvalue weighted by atomic mass is 19.4. The molecule has 1 heterocycles. The standard InChI is InChI=1S/C33H30F3N3O4/c1-20-7-8-23(21(2)17-20)19-39-28(18-27(33(34,35)36)29(37-6)30(39)40)22-9-13-25(14-10-22)42-26-15-11-24(12-16-26)38-31(41)43-32(3,4)5/h7-18H,19H2,1-5H3,(H,38,41). The summed E-state index contributed by atoms with van der Waals surface area (Å²) in [7, 11) is 0. The normalized spacial score (nSPS) is 11.5. The van der Waals surface area contributed by atoms with Crippen LogP contribution in [0.25, 0.3) is 16.1 Å². The molecule has 1 aromatic heterocycles. The molecular weight excluding hydrogens is 559 g/mol. The fraction of sp³-hybridized carbons (Fsp3) is 0.242. The smallest absolute Gasteiger partial charge is 0.412 e. The molecule has 0 spiro atoms. The minimum absolute atomic E-state index is 0.0110. The van der Waals surface area contributed by atoms with E-state index in [-0.39, 0.29) is 12.2 Å². The lowest BCUT2D eigenvalue weighted by molar-refractivity contribution is -0.136. The van der Waals surface area contributed by atoms with Crippen molar-refractivity contribution in [1.82, 2.24) is 4.57 Å². The Bertz CT molecular complexity index is 1750. The van der Waals surface area contributed by atoms with E-state index >= 15 is 0 Å². The number of alkyl halides is 3. The third-order valence-electron chi connectivity index (χ3n) is 6.40. The molecule has 0 radical (unpaired) electrons. The second-order valence-corrected chi connectivity index (χ2v) is 11.0. The molecule has 0 saturated carbocycles. The number of hydrogen-bond donors (Lipinski definition) is 1. The molecule has 7 nitrogen and oxygen atoms in total. The maximum Gasteiger partial charge on any atom is 0.412 e. The predicted octanol–water partition coefficient (Wildman–Crippen LogP) is 8.89. The summed E-state index contributed by atoms with van der Waals surface area (Å²) in [6.07, 6.45) is -5.48. The van der Waals surface area contributed by atoms with E-state index in [1.54, 1.807) is 69.3 Å². The van der Waals surface area contributed by atoms with Crippen molar-refractivity contribution in [3.63, 3.8) is 0 Å². The molecular formula is C33H30F3N3O4. The molecule has 0 aliphatic heterocycles. The van der Waals surface area contributed by atoms with Gasteiger partial charge >= 0.3 is 12.3 Å². The van der Waals surface area contributed by atoms with Gasteiger partial charge in [-0.25, -0.2) is 9.64 Å². The van der Waals surface area contributed by atoms with Crippen LogP contribution < -0.4 is 15.6 Å². The summed E-state index contributed by atoms with van der Waals surface area (Å²) in [6.45, 7) is 16.4. The number of halogens is 3. The van der Waals surface area contributed by atoms with E-state index in [9.17, 15) is 22.8 Å². The van der Waals surface area contributed by atoms with Crippen LogP contribution in [0.3, 0.4) is 0 Å². The lowest BCUT2D eigenvalue weighted by Crippen LogP contribution is -2.27. The Kier molecular flexibility index (Phi) is 8.67. The molecule has 1 N–H and O–H groups in total. The van der Waals surface area contributed by atoms with Gasteiger partial charge < -0.3 is 14.0 Å². The number of amides is 1. The van der Waals surface area contributed by atoms with Gasteiger partial charge in [-0.2, -0.15) is 13.2 Å². The van der Waals surface area contributed by atoms with E-state index in [0.29, 0.717) is 22.7 Å². The van der Waals surface area contributed by atoms with E-state index in [2.05, 4.69) is 10.2 Å². The number of ether oxygens (including phenoxy) is 2. The number of aromatic nitrogens is 1. The van der Waals surface area contributed by atoms with Crippen molar-refractivity contribution in [3.05, 3.63) is 117 Å². The number of anilines is 1. The van der Waals surface area contributed by atoms with E-state index in [1.807, 2.05) is 32.0 Å². The highest BCUT2D eigenvalue weighted by Gasteiger charge is 2.36. The number of hydrogen-bond acceptors (Lipinski definition) is 4. The minimum atomic E-state index is -4.89. The molecule has 3 aromatic carbocycles. The summed E-state index contributed by atoms with van der Waals surface area (Å²) in [5, 5.41) is 2.63. The molecule has 4 rings (SSSR count). The van der Waals surface area contributed by atoms with Crippen LogP contribution in [0.15, 0.2) is 77.6 Å². The van der Waals surface area contributed by atoms with Gasteiger partial charge in [0.1, 0.15) is 17.1 Å². The molecule has 43 heavy (non-hydrogen) atoms. The number of rotatable bonds is 6. The Hall–Kier alpha value is -5.04. The number of aryl methyl sites for hydroxylation is 2. The molecule has 0 fully saturated rings. The van der Waals surface area contributed by atoms with Gasteiger partial charge in [-0.3, -0.25) is 10.1 Å². The first kappa shape index (κ1) is 30.9. The molecule has 0 aliphatic rings. The zero-order chi connectivity index (χ0) is 31.5. The van der Waals surface area contributed by atoms with Crippen LogP contribution in [0.5, 0.6) is 11.5 Å². The second kappa shape index (κ2) is 12.1. The molecule has 0 unspecified atom stereocenters. The molecule has 0 aliphatic carbocycles. The SMILES string of the molecule is [C-]#[N+]c1c(C(F)(F)F)cc(-c2ccc(Oc3ccc(NC(=O)OC(C)(C)C)cc3)cc2)n(Cc2ccc(C)cc2C)c1=O. The lowest BCUT2D eigenvalue weighted by atomic mass is 10.0. The van der Waals surface area contributed by atoms with Crippen LogP contribution >= 0.6 is 0 Å². The van der Waals surface area contributed by atoms with Gasteiger partial charge in [-0.05, 0) is 106 Å².